The first-order valence-corrected chi connectivity index (χ1v) is 6.55. The van der Waals surface area contributed by atoms with Gasteiger partial charge in [-0.15, -0.1) is 0 Å². The van der Waals surface area contributed by atoms with E-state index in [9.17, 15) is 21.6 Å². The Labute approximate surface area is 101 Å². The number of fused-ring (bicyclic) bond motifs is 1. The molecule has 4 nitrogen and oxygen atoms in total. The van der Waals surface area contributed by atoms with Crippen LogP contribution in [0, 0.1) is 0 Å². The van der Waals surface area contributed by atoms with E-state index in [0.29, 0.717) is 10.9 Å². The molecule has 1 heterocycles. The van der Waals surface area contributed by atoms with Crippen LogP contribution in [0.5, 0.6) is 0 Å². The van der Waals surface area contributed by atoms with E-state index in [1.54, 1.807) is 24.4 Å². The quantitative estimate of drug-likeness (QED) is 0.906. The van der Waals surface area contributed by atoms with E-state index < -0.39 is 22.0 Å². The molecule has 2 aromatic rings. The van der Waals surface area contributed by atoms with Crippen LogP contribution in [-0.2, 0) is 10.0 Å². The summed E-state index contributed by atoms with van der Waals surface area (Å²) in [5.74, 6) is -1.91. The molecular weight excluding hydrogens is 269 g/mol. The molecule has 0 atom stereocenters. The number of alkyl halides is 3. The molecule has 0 spiro atoms. The molecule has 0 unspecified atom stereocenters. The molecule has 2 rings (SSSR count). The number of rotatable bonds is 3. The maximum Gasteiger partial charge on any atom is 0.404 e. The number of H-pyrrole nitrogens is 1. The highest BCUT2D eigenvalue weighted by Gasteiger charge is 2.35. The van der Waals surface area contributed by atoms with Crippen LogP contribution in [0.15, 0.2) is 30.5 Å². The number of nitrogens with one attached hydrogen (secondary N) is 2. The zero-order valence-electron chi connectivity index (χ0n) is 8.95. The van der Waals surface area contributed by atoms with Crippen LogP contribution in [0.3, 0.4) is 0 Å². The largest absolute Gasteiger partial charge is 0.404 e. The zero-order valence-corrected chi connectivity index (χ0v) is 9.77. The molecule has 0 saturated heterocycles. The smallest absolute Gasteiger partial charge is 0.359 e. The number of hydrogen-bond acceptors (Lipinski definition) is 2. The summed E-state index contributed by atoms with van der Waals surface area (Å²) in [6.07, 6.45) is -3.19. The van der Waals surface area contributed by atoms with Crippen molar-refractivity contribution in [2.24, 2.45) is 0 Å². The Morgan fingerprint density at radius 1 is 1.22 bits per heavy atom. The van der Waals surface area contributed by atoms with Crippen LogP contribution in [0.4, 0.5) is 18.9 Å². The Bertz CT molecular complexity index is 661. The van der Waals surface area contributed by atoms with Gasteiger partial charge in [-0.1, -0.05) is 12.1 Å². The van der Waals surface area contributed by atoms with Crippen molar-refractivity contribution in [2.75, 3.05) is 10.5 Å². The second-order valence-corrected chi connectivity index (χ2v) is 5.45. The van der Waals surface area contributed by atoms with Crippen molar-refractivity contribution < 1.29 is 21.6 Å². The molecule has 0 fully saturated rings. The number of sulfonamides is 1. The highest BCUT2D eigenvalue weighted by Crippen LogP contribution is 2.24. The van der Waals surface area contributed by atoms with Gasteiger partial charge in [0.05, 0.1) is 11.2 Å². The summed E-state index contributed by atoms with van der Waals surface area (Å²) < 4.78 is 60.8. The normalized spacial score (nSPS) is 12.8. The lowest BCUT2D eigenvalue weighted by atomic mass is 10.2. The first kappa shape index (κ1) is 12.7. The summed E-state index contributed by atoms with van der Waals surface area (Å²) in [5, 5.41) is 0.710. The van der Waals surface area contributed by atoms with Gasteiger partial charge < -0.3 is 4.98 Å². The van der Waals surface area contributed by atoms with E-state index in [1.807, 2.05) is 4.72 Å². The Kier molecular flexibility index (Phi) is 2.97. The average molecular weight is 278 g/mol. The van der Waals surface area contributed by atoms with Gasteiger partial charge in [0.25, 0.3) is 0 Å². The van der Waals surface area contributed by atoms with Crippen molar-refractivity contribution in [2.45, 2.75) is 6.18 Å². The van der Waals surface area contributed by atoms with Gasteiger partial charge in [-0.05, 0) is 12.1 Å². The number of anilines is 1. The van der Waals surface area contributed by atoms with Crippen LogP contribution in [0.2, 0.25) is 0 Å². The van der Waals surface area contributed by atoms with Crippen LogP contribution in [-0.4, -0.2) is 25.3 Å². The summed E-state index contributed by atoms with van der Waals surface area (Å²) >= 11 is 0. The van der Waals surface area contributed by atoms with E-state index in [4.69, 9.17) is 0 Å². The number of halogens is 3. The van der Waals surface area contributed by atoms with Gasteiger partial charge >= 0.3 is 6.18 Å². The molecule has 0 aliphatic heterocycles. The molecule has 18 heavy (non-hydrogen) atoms. The Balaban J connectivity index is 2.32. The molecule has 0 aliphatic carbocycles. The third-order valence-electron chi connectivity index (χ3n) is 2.21. The molecule has 1 aromatic heterocycles. The molecular formula is C10H9F3N2O2S. The lowest BCUT2D eigenvalue weighted by molar-refractivity contribution is -0.106. The first-order chi connectivity index (χ1) is 8.27. The third-order valence-corrected chi connectivity index (χ3v) is 3.44. The monoisotopic (exact) mass is 278 g/mol. The standard InChI is InChI=1S/C10H9F3N2O2S/c11-10(12,13)6-18(16,17)15-8-3-1-2-7-4-5-14-9(7)8/h1-5,14-15H,6H2. The second kappa shape index (κ2) is 4.20. The number of aromatic amines is 1. The van der Waals surface area contributed by atoms with Crippen LogP contribution < -0.4 is 4.72 Å². The summed E-state index contributed by atoms with van der Waals surface area (Å²) in [7, 11) is -4.46. The lowest BCUT2D eigenvalue weighted by Gasteiger charge is -2.10. The Morgan fingerprint density at radius 3 is 2.61 bits per heavy atom. The van der Waals surface area contributed by atoms with Gasteiger partial charge in [-0.25, -0.2) is 8.42 Å². The fraction of sp³-hybridized carbons (Fsp3) is 0.200. The predicted octanol–water partition coefficient (Wildman–Crippen LogP) is 2.47. The predicted molar refractivity (Wildman–Crippen MR) is 61.8 cm³/mol. The third kappa shape index (κ3) is 2.95. The van der Waals surface area contributed by atoms with E-state index in [-0.39, 0.29) is 5.69 Å². The number of hydrogen-bond donors (Lipinski definition) is 2. The van der Waals surface area contributed by atoms with Crippen molar-refractivity contribution in [3.05, 3.63) is 30.5 Å². The van der Waals surface area contributed by atoms with E-state index in [1.165, 1.54) is 6.07 Å². The van der Waals surface area contributed by atoms with Crippen molar-refractivity contribution in [1.82, 2.24) is 4.98 Å². The Morgan fingerprint density at radius 2 is 1.94 bits per heavy atom. The van der Waals surface area contributed by atoms with Gasteiger partial charge in [0.1, 0.15) is 0 Å². The molecule has 0 radical (unpaired) electrons. The van der Waals surface area contributed by atoms with Crippen LogP contribution in [0.25, 0.3) is 10.9 Å². The maximum atomic E-state index is 12.1. The fourth-order valence-corrected chi connectivity index (χ4v) is 2.60. The molecule has 0 saturated carbocycles. The van der Waals surface area contributed by atoms with Gasteiger partial charge in [-0.3, -0.25) is 4.72 Å². The van der Waals surface area contributed by atoms with Gasteiger partial charge in [0.2, 0.25) is 10.0 Å². The highest BCUT2D eigenvalue weighted by atomic mass is 32.2. The van der Waals surface area contributed by atoms with Crippen molar-refractivity contribution in [3.63, 3.8) is 0 Å². The Hall–Kier alpha value is -1.70. The molecule has 0 aliphatic rings. The minimum absolute atomic E-state index is 0.0988. The van der Waals surface area contributed by atoms with E-state index in [0.717, 1.165) is 0 Å². The minimum atomic E-state index is -4.77. The van der Waals surface area contributed by atoms with Crippen LogP contribution >= 0.6 is 0 Å². The van der Waals surface area contributed by atoms with E-state index >= 15 is 0 Å². The summed E-state index contributed by atoms with van der Waals surface area (Å²) in [6.45, 7) is 0. The summed E-state index contributed by atoms with van der Waals surface area (Å²) in [4.78, 5) is 2.77. The van der Waals surface area contributed by atoms with Crippen LogP contribution in [0.1, 0.15) is 0 Å². The second-order valence-electron chi connectivity index (χ2n) is 3.72. The van der Waals surface area contributed by atoms with Gasteiger partial charge in [-0.2, -0.15) is 13.2 Å². The minimum Gasteiger partial charge on any atom is -0.359 e. The number of para-hydroxylation sites is 1. The summed E-state index contributed by atoms with van der Waals surface area (Å²) in [5.41, 5.74) is 0.546. The van der Waals surface area contributed by atoms with Crippen molar-refractivity contribution >= 4 is 26.6 Å². The zero-order chi connectivity index (χ0) is 13.4. The van der Waals surface area contributed by atoms with E-state index in [2.05, 4.69) is 4.98 Å². The maximum absolute atomic E-state index is 12.1. The molecule has 98 valence electrons. The summed E-state index contributed by atoms with van der Waals surface area (Å²) in [6, 6.07) is 6.36. The number of benzene rings is 1. The first-order valence-electron chi connectivity index (χ1n) is 4.90. The SMILES string of the molecule is O=S(=O)(CC(F)(F)F)Nc1cccc2cc[nH]c12. The molecule has 1 aromatic carbocycles. The topological polar surface area (TPSA) is 62.0 Å². The highest BCUT2D eigenvalue weighted by molar-refractivity contribution is 7.92. The average Bonchev–Trinajstić information content (AvgIpc) is 2.61. The fourth-order valence-electron chi connectivity index (χ4n) is 1.59. The molecule has 2 N–H and O–H groups in total. The lowest BCUT2D eigenvalue weighted by Crippen LogP contribution is -2.27. The molecule has 8 heteroatoms. The van der Waals surface area contributed by atoms with Crippen molar-refractivity contribution in [3.8, 4) is 0 Å². The molecule has 0 bridgehead atoms. The van der Waals surface area contributed by atoms with Gasteiger partial charge in [0.15, 0.2) is 5.75 Å². The number of aromatic nitrogens is 1. The van der Waals surface area contributed by atoms with Gasteiger partial charge in [0, 0.05) is 11.6 Å². The van der Waals surface area contributed by atoms with Crippen molar-refractivity contribution in [1.29, 1.82) is 0 Å². The molecule has 0 amide bonds.